The Balaban J connectivity index is -0.00000190. The van der Waals surface area contributed by atoms with Crippen molar-refractivity contribution >= 4 is 113 Å². The zero-order valence-corrected chi connectivity index (χ0v) is 92.8. The molecule has 2 aromatic carbocycles. The maximum atomic E-state index is 13.2. The molecule has 2 amide bonds. The van der Waals surface area contributed by atoms with Gasteiger partial charge in [-0.3, -0.25) is 77.2 Å². The van der Waals surface area contributed by atoms with Crippen LogP contribution in [-0.2, 0) is 131 Å². The van der Waals surface area contributed by atoms with E-state index in [0.717, 1.165) is 12.0 Å². The smallest absolute Gasteiger partial charge is 0.412 e. The summed E-state index contributed by atoms with van der Waals surface area (Å²) >= 11 is 0. The highest BCUT2D eigenvalue weighted by Crippen LogP contribution is 2.31. The predicted molar refractivity (Wildman–Crippen MR) is 542 cm³/mol. The van der Waals surface area contributed by atoms with Crippen LogP contribution in [0.25, 0.3) is 0 Å². The number of unbranched alkanes of at least 4 members (excludes halogenated alkanes) is 3. The van der Waals surface area contributed by atoms with E-state index in [9.17, 15) is 86.8 Å². The van der Waals surface area contributed by atoms with Crippen molar-refractivity contribution in [3.63, 3.8) is 0 Å². The summed E-state index contributed by atoms with van der Waals surface area (Å²) in [6.07, 6.45) is 2.92. The Morgan fingerprint density at radius 3 is 0.797 bits per heavy atom. The molecule has 818 valence electrons. The fourth-order valence-electron chi connectivity index (χ4n) is 12.7. The summed E-state index contributed by atoms with van der Waals surface area (Å²) in [5, 5.41) is 16.0. The third-order valence-electron chi connectivity index (χ3n) is 18.4. The number of nitrogens with two attached hydrogens (primary N) is 2. The molecule has 6 N–H and O–H groups in total. The van der Waals surface area contributed by atoms with E-state index in [-0.39, 0.29) is 157 Å². The zero-order chi connectivity index (χ0) is 110. The molecule has 143 heavy (non-hydrogen) atoms. The second kappa shape index (κ2) is 63.9. The van der Waals surface area contributed by atoms with Gasteiger partial charge in [0.05, 0.1) is 40.4 Å². The van der Waals surface area contributed by atoms with Gasteiger partial charge in [-0.1, -0.05) is 49.6 Å². The van der Waals surface area contributed by atoms with Crippen molar-refractivity contribution < 1.29 is 143 Å². The van der Waals surface area contributed by atoms with Crippen molar-refractivity contribution in [1.82, 2.24) is 10.6 Å². The summed E-state index contributed by atoms with van der Waals surface area (Å²) in [6, 6.07) is 13.6. The third kappa shape index (κ3) is 77.9. The van der Waals surface area contributed by atoms with E-state index in [0.29, 0.717) is 58.0 Å². The lowest BCUT2D eigenvalue weighted by Crippen LogP contribution is -2.38. The molecule has 0 fully saturated rings. The number of carbonyl (C=O) groups excluding carboxylic acids is 16. The highest BCUT2D eigenvalue weighted by atomic mass is 35.5. The van der Waals surface area contributed by atoms with Crippen LogP contribution in [0.3, 0.4) is 0 Å². The summed E-state index contributed by atoms with van der Waals surface area (Å²) in [5.74, 6) is -10.9. The number of non-ortho nitro benzene ring substituents is 1. The van der Waals surface area contributed by atoms with Gasteiger partial charge < -0.3 is 83.7 Å². The number of nitro benzene ring substituents is 1. The first-order valence-electron chi connectivity index (χ1n) is 49.1. The lowest BCUT2D eigenvalue weighted by molar-refractivity contribution is -0.384. The monoisotopic (exact) mass is 2050 g/mol. The van der Waals surface area contributed by atoms with Crippen molar-refractivity contribution in [1.29, 1.82) is 0 Å². The number of esters is 11. The van der Waals surface area contributed by atoms with Crippen LogP contribution in [0.2, 0.25) is 0 Å². The maximum Gasteiger partial charge on any atom is 0.412 e. The fraction of sp³-hybridized carbons (Fsp3) is 0.736. The van der Waals surface area contributed by atoms with Gasteiger partial charge >= 0.3 is 77.8 Å². The Hall–Kier alpha value is -10.2. The number of benzene rings is 2. The van der Waals surface area contributed by atoms with E-state index in [2.05, 4.69) is 10.6 Å². The van der Waals surface area contributed by atoms with Gasteiger partial charge in [-0.05, 0) is 317 Å². The summed E-state index contributed by atoms with van der Waals surface area (Å²) in [5.41, 5.74) is 4.37. The minimum atomic E-state index is -0.899. The Labute approximate surface area is 855 Å². The summed E-state index contributed by atoms with van der Waals surface area (Å²) in [6.45, 7) is 59.0. The van der Waals surface area contributed by atoms with E-state index in [1.54, 1.807) is 228 Å². The number of nitrogens with zero attached hydrogens (tertiary/aromatic N) is 1. The zero-order valence-electron chi connectivity index (χ0n) is 92.0. The molecular weight excluding hydrogens is 1870 g/mol. The van der Waals surface area contributed by atoms with E-state index in [1.165, 1.54) is 24.3 Å². The molecule has 2 rings (SSSR count). The molecule has 36 nitrogen and oxygen atoms in total. The molecule has 0 aliphatic heterocycles. The van der Waals surface area contributed by atoms with Gasteiger partial charge in [0.15, 0.2) is 0 Å². The van der Waals surface area contributed by atoms with Crippen LogP contribution in [0, 0.1) is 45.6 Å². The first-order chi connectivity index (χ1) is 64.5. The summed E-state index contributed by atoms with van der Waals surface area (Å²) in [4.78, 5) is 211. The first kappa shape index (κ1) is 137. The number of nitro groups is 1. The topological polar surface area (TPSA) is 512 Å². The number of hydrogen-bond donors (Lipinski definition) is 4. The van der Waals surface area contributed by atoms with Gasteiger partial charge in [0.2, 0.25) is 0 Å². The van der Waals surface area contributed by atoms with Gasteiger partial charge in [-0.2, -0.15) is 0 Å². The summed E-state index contributed by atoms with van der Waals surface area (Å²) in [7, 11) is 0. The van der Waals surface area contributed by atoms with E-state index in [4.69, 9.17) is 73.0 Å². The molecule has 0 aliphatic carbocycles. The first-order valence-corrected chi connectivity index (χ1v) is 49.1. The van der Waals surface area contributed by atoms with Gasteiger partial charge in [0, 0.05) is 89.4 Å². The van der Waals surface area contributed by atoms with Crippen LogP contribution >= 0.6 is 12.4 Å². The van der Waals surface area contributed by atoms with Crippen molar-refractivity contribution in [2.24, 2.45) is 47.0 Å². The summed E-state index contributed by atoms with van der Waals surface area (Å²) < 4.78 is 69.7. The van der Waals surface area contributed by atoms with Crippen LogP contribution in [0.5, 0.6) is 5.75 Å². The van der Waals surface area contributed by atoms with Crippen molar-refractivity contribution in [3.05, 3.63) is 70.3 Å². The molecule has 37 heteroatoms. The Bertz CT molecular complexity index is 4300. The number of rotatable bonds is 49. The number of hydrogen-bond acceptors (Lipinski definition) is 33. The molecule has 0 aromatic heterocycles. The normalized spacial score (nSPS) is 13.4. The number of alkyl carbamates (subject to hydrolysis) is 1. The molecule has 0 spiro atoms. The largest absolute Gasteiger partial charge is 0.460 e. The number of amides is 2. The minimum absolute atomic E-state index is 0. The van der Waals surface area contributed by atoms with Crippen molar-refractivity contribution in [2.45, 2.75) is 450 Å². The Morgan fingerprint density at radius 1 is 0.308 bits per heavy atom. The number of ketones is 3. The van der Waals surface area contributed by atoms with Crippen LogP contribution < -0.4 is 26.8 Å². The number of ether oxygens (including phenoxy) is 13. The lowest BCUT2D eigenvalue weighted by atomic mass is 9.90. The Morgan fingerprint density at radius 2 is 0.545 bits per heavy atom. The van der Waals surface area contributed by atoms with E-state index < -0.39 is 180 Å². The molecule has 0 heterocycles. The molecule has 0 aliphatic rings. The quantitative estimate of drug-likeness (QED) is 0.0157. The van der Waals surface area contributed by atoms with E-state index in [1.807, 2.05) is 30.3 Å². The molecule has 7 atom stereocenters. The molecule has 0 saturated carbocycles. The molecule has 0 unspecified atom stereocenters. The standard InChI is InChI=1S/C34H53NO9.C33H50N2O11.C26H47NO7.C13H25NO4.ClH/c1-32(2,3)42-28(37)19-18-26(30(39)44-34(7,8)9)22-27(36)21-25(29(38)43-33(4,5)6)17-13-14-20-35-31(40)41-23-24-15-11-10-12-16-24;1-31(2,3)44-27(37)18-13-23(29(39)46-33(7,8)9)21-25(36)20-22(28(38)45-32(4,5)6)12-10-11-19-34-30(40)43-26-16-14-24(15-17-26)35(41)42;1-24(2,3)32-21(29)14-13-19(23(31)34-26(7,8)9)17-20(28)16-18(12-10-11-15-27)22(30)33-25(4,5)6;1-12(2,3)17-10(15)8-7-9(14)11(16)18-13(4,5)6;/h10-12,15-16,25-26H,13-14,17-23H2,1-9H3,(H,35,40);14-17,22-23H,10-13,18-21H2,1-9H3,(H,34,40);18-19H,10-17,27H2,1-9H3;9H,7-8,14H2,1-6H3;1H/t25-,26-;22-,23-;18-,19-;9-;/m1110./s1. The van der Waals surface area contributed by atoms with Crippen LogP contribution in [-0.4, -0.2) is 187 Å². The highest BCUT2D eigenvalue weighted by molar-refractivity contribution is 5.91. The molecule has 0 radical (unpaired) electrons. The second-order valence-electron chi connectivity index (χ2n) is 46.2. The van der Waals surface area contributed by atoms with Crippen LogP contribution in [0.4, 0.5) is 15.3 Å². The number of halogens is 1. The minimum Gasteiger partial charge on any atom is -0.460 e. The average molecular weight is 2050 g/mol. The molecule has 0 saturated heterocycles. The van der Waals surface area contributed by atoms with Crippen molar-refractivity contribution in [2.75, 3.05) is 19.6 Å². The fourth-order valence-corrected chi connectivity index (χ4v) is 12.7. The lowest BCUT2D eigenvalue weighted by Gasteiger charge is -2.25. The SMILES string of the molecule is CC(C)(C)OC(=O)CC[C@H](CC(=O)C[C@@H](CCCCN)C(=O)OC(C)(C)C)C(=O)OC(C)(C)C.CC(C)(C)OC(=O)CC[C@H](CC(=O)C[C@@H](CCCCNC(=O)OCc1ccccc1)C(=O)OC(C)(C)C)C(=O)OC(C)(C)C.CC(C)(C)OC(=O)CC[C@H](CC(=O)C[C@@H](CCCCNC(=O)Oc1ccc([N+](=O)[O-])cc1)C(=O)OC(C)(C)C)C(=O)OC(C)(C)C.CC(C)(C)OC(=O)CC[C@H](N)C(=O)OC(C)(C)C.Cl. The van der Waals surface area contributed by atoms with Crippen LogP contribution in [0.15, 0.2) is 54.6 Å². The number of Topliss-reactive ketones (excluding diaryl/α,β-unsaturated/α-hetero) is 3. The number of nitrogens with one attached hydrogen (secondary N) is 2. The third-order valence-corrected chi connectivity index (χ3v) is 18.4. The van der Waals surface area contributed by atoms with Crippen LogP contribution in [0.1, 0.15) is 382 Å². The van der Waals surface area contributed by atoms with E-state index >= 15 is 0 Å². The molecule has 2 aromatic rings. The van der Waals surface area contributed by atoms with Crippen molar-refractivity contribution in [3.8, 4) is 5.75 Å². The Kier molecular flexibility index (Phi) is 61.2. The van der Waals surface area contributed by atoms with Gasteiger partial charge in [0.25, 0.3) is 5.69 Å². The van der Waals surface area contributed by atoms with Gasteiger partial charge in [0.1, 0.15) is 97.4 Å². The van der Waals surface area contributed by atoms with Gasteiger partial charge in [-0.15, -0.1) is 12.4 Å². The maximum absolute atomic E-state index is 13.2. The average Bonchev–Trinajstić information content (AvgIpc) is 0.870. The second-order valence-corrected chi connectivity index (χ2v) is 46.2. The molecule has 0 bridgehead atoms. The number of carbonyl (C=O) groups is 16. The highest BCUT2D eigenvalue weighted by Gasteiger charge is 2.38. The predicted octanol–water partition coefficient (Wildman–Crippen LogP) is 19.4. The molecular formula is C106H176ClN5O31. The van der Waals surface area contributed by atoms with Gasteiger partial charge in [-0.25, -0.2) is 9.59 Å².